The highest BCUT2D eigenvalue weighted by Gasteiger charge is 2.14. The zero-order valence-corrected chi connectivity index (χ0v) is 7.48. The van der Waals surface area contributed by atoms with Gasteiger partial charge in [-0.25, -0.2) is 0 Å². The van der Waals surface area contributed by atoms with Gasteiger partial charge >= 0.3 is 5.69 Å². The third kappa shape index (κ3) is 1.59. The SMILES string of the molecule is O=[N+]([O-])c1cncc(CO)c1Br. The van der Waals surface area contributed by atoms with Gasteiger partial charge in [0.05, 0.1) is 11.5 Å². The van der Waals surface area contributed by atoms with Gasteiger partial charge in [0.1, 0.15) is 10.7 Å². The highest BCUT2D eigenvalue weighted by Crippen LogP contribution is 2.26. The van der Waals surface area contributed by atoms with Crippen LogP contribution in [0, 0.1) is 10.1 Å². The Labute approximate surface area is 76.3 Å². The highest BCUT2D eigenvalue weighted by atomic mass is 79.9. The van der Waals surface area contributed by atoms with Crippen molar-refractivity contribution in [1.82, 2.24) is 4.98 Å². The first-order valence-electron chi connectivity index (χ1n) is 3.04. The number of aliphatic hydroxyl groups excluding tert-OH is 1. The summed E-state index contributed by atoms with van der Waals surface area (Å²) >= 11 is 3.00. The van der Waals surface area contributed by atoms with E-state index >= 15 is 0 Å². The second kappa shape index (κ2) is 3.59. The minimum absolute atomic E-state index is 0.137. The molecular formula is C6H5BrN2O3. The number of nitro groups is 1. The zero-order valence-electron chi connectivity index (χ0n) is 5.90. The molecule has 0 radical (unpaired) electrons. The maximum Gasteiger partial charge on any atom is 0.301 e. The summed E-state index contributed by atoms with van der Waals surface area (Å²) in [6, 6.07) is 0. The molecule has 0 aliphatic carbocycles. The van der Waals surface area contributed by atoms with Gasteiger partial charge in [-0.05, 0) is 15.9 Å². The van der Waals surface area contributed by atoms with Crippen molar-refractivity contribution in [3.8, 4) is 0 Å². The second-order valence-electron chi connectivity index (χ2n) is 2.05. The predicted molar refractivity (Wildman–Crippen MR) is 44.5 cm³/mol. The molecule has 5 nitrogen and oxygen atoms in total. The van der Waals surface area contributed by atoms with Gasteiger partial charge in [-0.1, -0.05) is 0 Å². The molecule has 0 atom stereocenters. The average molecular weight is 233 g/mol. The van der Waals surface area contributed by atoms with Crippen molar-refractivity contribution in [2.75, 3.05) is 0 Å². The van der Waals surface area contributed by atoms with Crippen LogP contribution in [0.2, 0.25) is 0 Å². The lowest BCUT2D eigenvalue weighted by Gasteiger charge is -1.98. The molecule has 1 aromatic heterocycles. The summed E-state index contributed by atoms with van der Waals surface area (Å²) in [6.45, 7) is -0.269. The molecule has 0 bridgehead atoms. The zero-order chi connectivity index (χ0) is 9.14. The first-order valence-corrected chi connectivity index (χ1v) is 3.83. The van der Waals surface area contributed by atoms with Gasteiger partial charge in [0.15, 0.2) is 0 Å². The predicted octanol–water partition coefficient (Wildman–Crippen LogP) is 1.24. The van der Waals surface area contributed by atoms with E-state index in [2.05, 4.69) is 20.9 Å². The molecule has 1 aromatic rings. The second-order valence-corrected chi connectivity index (χ2v) is 2.84. The number of aromatic nitrogens is 1. The van der Waals surface area contributed by atoms with Crippen LogP contribution >= 0.6 is 15.9 Å². The summed E-state index contributed by atoms with van der Waals surface area (Å²) in [6.07, 6.45) is 2.50. The number of nitrogens with zero attached hydrogens (tertiary/aromatic N) is 2. The van der Waals surface area contributed by atoms with Gasteiger partial charge < -0.3 is 5.11 Å². The van der Waals surface area contributed by atoms with E-state index in [9.17, 15) is 10.1 Å². The summed E-state index contributed by atoms with van der Waals surface area (Å²) in [4.78, 5) is 13.4. The first kappa shape index (κ1) is 9.08. The van der Waals surface area contributed by atoms with Gasteiger partial charge in [0, 0.05) is 11.8 Å². The summed E-state index contributed by atoms with van der Waals surface area (Å²) in [7, 11) is 0. The fourth-order valence-corrected chi connectivity index (χ4v) is 1.19. The average Bonchev–Trinajstić information content (AvgIpc) is 2.04. The van der Waals surface area contributed by atoms with E-state index in [0.717, 1.165) is 6.20 Å². The van der Waals surface area contributed by atoms with Crippen LogP contribution in [0.5, 0.6) is 0 Å². The quantitative estimate of drug-likeness (QED) is 0.615. The lowest BCUT2D eigenvalue weighted by Crippen LogP contribution is -1.94. The van der Waals surface area contributed by atoms with Crippen LogP contribution in [0.1, 0.15) is 5.56 Å². The Bertz CT molecular complexity index is 316. The summed E-state index contributed by atoms with van der Waals surface area (Å²) < 4.78 is 0.282. The number of halogens is 1. The highest BCUT2D eigenvalue weighted by molar-refractivity contribution is 9.10. The fraction of sp³-hybridized carbons (Fsp3) is 0.167. The van der Waals surface area contributed by atoms with Crippen molar-refractivity contribution < 1.29 is 10.0 Å². The maximum absolute atomic E-state index is 10.3. The third-order valence-corrected chi connectivity index (χ3v) is 2.22. The molecule has 0 fully saturated rings. The minimum atomic E-state index is -0.559. The molecule has 1 rings (SSSR count). The van der Waals surface area contributed by atoms with Crippen LogP contribution in [0.3, 0.4) is 0 Å². The summed E-state index contributed by atoms with van der Waals surface area (Å²) in [5.41, 5.74) is 0.269. The van der Waals surface area contributed by atoms with E-state index in [-0.39, 0.29) is 16.8 Å². The molecule has 12 heavy (non-hydrogen) atoms. The Morgan fingerprint density at radius 2 is 2.33 bits per heavy atom. The molecule has 0 aliphatic rings. The van der Waals surface area contributed by atoms with Crippen LogP contribution in [-0.4, -0.2) is 15.0 Å². The van der Waals surface area contributed by atoms with Gasteiger partial charge in [0.25, 0.3) is 0 Å². The Balaban J connectivity index is 3.23. The lowest BCUT2D eigenvalue weighted by atomic mass is 10.3. The van der Waals surface area contributed by atoms with Crippen molar-refractivity contribution in [1.29, 1.82) is 0 Å². The molecule has 0 saturated heterocycles. The molecule has 1 heterocycles. The van der Waals surface area contributed by atoms with Crippen molar-refractivity contribution in [3.05, 3.63) is 32.5 Å². The van der Waals surface area contributed by atoms with E-state index in [1.54, 1.807) is 0 Å². The minimum Gasteiger partial charge on any atom is -0.392 e. The smallest absolute Gasteiger partial charge is 0.301 e. The molecule has 0 aliphatic heterocycles. The normalized spacial score (nSPS) is 9.83. The first-order chi connectivity index (χ1) is 5.66. The molecule has 0 spiro atoms. The Morgan fingerprint density at radius 3 is 2.83 bits per heavy atom. The van der Waals surface area contributed by atoms with Gasteiger partial charge in [-0.15, -0.1) is 0 Å². The molecule has 0 saturated carbocycles. The van der Waals surface area contributed by atoms with Crippen LogP contribution in [-0.2, 0) is 6.61 Å². The summed E-state index contributed by atoms with van der Waals surface area (Å²) in [5, 5.41) is 19.1. The summed E-state index contributed by atoms with van der Waals surface area (Å²) in [5.74, 6) is 0. The number of hydrogen-bond acceptors (Lipinski definition) is 4. The molecule has 1 N–H and O–H groups in total. The molecule has 6 heteroatoms. The number of rotatable bonds is 2. The van der Waals surface area contributed by atoms with E-state index in [4.69, 9.17) is 5.11 Å². The van der Waals surface area contributed by atoms with E-state index in [0.29, 0.717) is 5.56 Å². The van der Waals surface area contributed by atoms with Crippen molar-refractivity contribution >= 4 is 21.6 Å². The molecular weight excluding hydrogens is 228 g/mol. The van der Waals surface area contributed by atoms with Gasteiger partial charge in [0.2, 0.25) is 0 Å². The lowest BCUT2D eigenvalue weighted by molar-refractivity contribution is -0.386. The number of pyridine rings is 1. The molecule has 0 amide bonds. The van der Waals surface area contributed by atoms with Gasteiger partial charge in [-0.3, -0.25) is 15.1 Å². The van der Waals surface area contributed by atoms with E-state index < -0.39 is 4.92 Å². The Hall–Kier alpha value is -1.01. The third-order valence-electron chi connectivity index (χ3n) is 1.30. The largest absolute Gasteiger partial charge is 0.392 e. The maximum atomic E-state index is 10.3. The number of aliphatic hydroxyl groups is 1. The molecule has 0 unspecified atom stereocenters. The molecule has 0 aromatic carbocycles. The number of hydrogen-bond donors (Lipinski definition) is 1. The van der Waals surface area contributed by atoms with Crippen LogP contribution in [0.4, 0.5) is 5.69 Å². The van der Waals surface area contributed by atoms with Crippen molar-refractivity contribution in [3.63, 3.8) is 0 Å². The van der Waals surface area contributed by atoms with E-state index in [1.807, 2.05) is 0 Å². The van der Waals surface area contributed by atoms with Crippen molar-refractivity contribution in [2.45, 2.75) is 6.61 Å². The van der Waals surface area contributed by atoms with Gasteiger partial charge in [-0.2, -0.15) is 0 Å². The Morgan fingerprint density at radius 1 is 1.67 bits per heavy atom. The Kier molecular flexibility index (Phi) is 2.72. The van der Waals surface area contributed by atoms with Crippen LogP contribution < -0.4 is 0 Å². The van der Waals surface area contributed by atoms with Crippen LogP contribution in [0.25, 0.3) is 0 Å². The van der Waals surface area contributed by atoms with Crippen molar-refractivity contribution in [2.24, 2.45) is 0 Å². The molecule has 64 valence electrons. The van der Waals surface area contributed by atoms with E-state index in [1.165, 1.54) is 6.20 Å². The monoisotopic (exact) mass is 232 g/mol. The standard InChI is InChI=1S/C6H5BrN2O3/c7-6-4(3-10)1-8-2-5(6)9(11)12/h1-2,10H,3H2. The topological polar surface area (TPSA) is 76.3 Å². The van der Waals surface area contributed by atoms with Crippen LogP contribution in [0.15, 0.2) is 16.9 Å². The fourth-order valence-electron chi connectivity index (χ4n) is 0.713.